The Kier molecular flexibility index (Phi) is 8.08. The predicted octanol–water partition coefficient (Wildman–Crippen LogP) is -1.91. The van der Waals surface area contributed by atoms with E-state index in [-0.39, 0.29) is 17.7 Å². The van der Waals surface area contributed by atoms with Gasteiger partial charge in [-0.3, -0.25) is 14.4 Å². The highest BCUT2D eigenvalue weighted by atomic mass is 32.1. The Labute approximate surface area is 168 Å². The Morgan fingerprint density at radius 3 is 2.43 bits per heavy atom. The van der Waals surface area contributed by atoms with E-state index in [9.17, 15) is 24.3 Å². The third-order valence-electron chi connectivity index (χ3n) is 5.06. The molecule has 3 amide bonds. The zero-order valence-corrected chi connectivity index (χ0v) is 16.7. The first-order valence-electron chi connectivity index (χ1n) is 9.42. The van der Waals surface area contributed by atoms with Crippen LogP contribution in [0.4, 0.5) is 0 Å². The minimum Gasteiger partial charge on any atom is -0.480 e. The van der Waals surface area contributed by atoms with Gasteiger partial charge in [0.1, 0.15) is 12.1 Å². The molecule has 0 aromatic rings. The first kappa shape index (κ1) is 22.4. The first-order chi connectivity index (χ1) is 13.3. The van der Waals surface area contributed by atoms with E-state index < -0.39 is 42.0 Å². The number of carbonyl (C=O) groups excluding carboxylic acids is 3. The van der Waals surface area contributed by atoms with Gasteiger partial charge in [-0.2, -0.15) is 12.6 Å². The predicted molar refractivity (Wildman–Crippen MR) is 103 cm³/mol. The van der Waals surface area contributed by atoms with Crippen LogP contribution in [0.2, 0.25) is 0 Å². The standard InChI is InChI=1S/C17H28N4O6S/c1-9(22)13(17(26)27)20-15(24)12-5-3-7-21(12)16(25)11(8-28)19-14(23)10-4-2-6-18-10/h9-13,18,22,28H,2-8H2,1H3,(H,19,23)(H,20,24)(H,26,27). The number of nitrogens with one attached hydrogen (secondary N) is 3. The van der Waals surface area contributed by atoms with Gasteiger partial charge in [0, 0.05) is 12.3 Å². The minimum atomic E-state index is -1.46. The number of nitrogens with zero attached hydrogens (tertiary/aromatic N) is 1. The fraction of sp³-hybridized carbons (Fsp3) is 0.765. The van der Waals surface area contributed by atoms with Crippen molar-refractivity contribution in [2.75, 3.05) is 18.8 Å². The van der Waals surface area contributed by atoms with Crippen molar-refractivity contribution >= 4 is 36.3 Å². The molecule has 2 aliphatic rings. The molecule has 0 aromatic heterocycles. The van der Waals surface area contributed by atoms with Crippen LogP contribution in [0.25, 0.3) is 0 Å². The number of carboxylic acids is 1. The Balaban J connectivity index is 2.02. The van der Waals surface area contributed by atoms with Crippen molar-refractivity contribution in [3.63, 3.8) is 0 Å². The van der Waals surface area contributed by atoms with Gasteiger partial charge < -0.3 is 31.1 Å². The number of carboxylic acid groups (broad SMARTS) is 1. The number of likely N-dealkylation sites (tertiary alicyclic amines) is 1. The molecule has 0 spiro atoms. The van der Waals surface area contributed by atoms with E-state index in [1.807, 2.05) is 0 Å². The topological polar surface area (TPSA) is 148 Å². The zero-order valence-electron chi connectivity index (χ0n) is 15.8. The fourth-order valence-electron chi connectivity index (χ4n) is 3.51. The van der Waals surface area contributed by atoms with E-state index in [1.165, 1.54) is 11.8 Å². The van der Waals surface area contributed by atoms with Crippen molar-refractivity contribution in [3.8, 4) is 0 Å². The molecule has 2 fully saturated rings. The smallest absolute Gasteiger partial charge is 0.328 e. The summed E-state index contributed by atoms with van der Waals surface area (Å²) in [6, 6.07) is -3.52. The Bertz CT molecular complexity index is 610. The van der Waals surface area contributed by atoms with E-state index in [2.05, 4.69) is 28.6 Å². The average molecular weight is 417 g/mol. The summed E-state index contributed by atoms with van der Waals surface area (Å²) in [5, 5.41) is 26.7. The average Bonchev–Trinajstić information content (AvgIpc) is 3.34. The normalized spacial score (nSPS) is 25.0. The van der Waals surface area contributed by atoms with Gasteiger partial charge in [-0.1, -0.05) is 0 Å². The van der Waals surface area contributed by atoms with Crippen LogP contribution in [0.3, 0.4) is 0 Å². The maximum atomic E-state index is 12.9. The number of thiol groups is 1. The Hall–Kier alpha value is -1.85. The molecule has 0 aromatic carbocycles. The minimum absolute atomic E-state index is 0.0769. The SMILES string of the molecule is CC(O)C(NC(=O)C1CCCN1C(=O)C(CS)NC(=O)C1CCCN1)C(=O)O. The molecule has 2 aliphatic heterocycles. The van der Waals surface area contributed by atoms with Crippen LogP contribution in [-0.4, -0.2) is 87.9 Å². The summed E-state index contributed by atoms with van der Waals surface area (Å²) in [4.78, 5) is 50.2. The van der Waals surface area contributed by atoms with Gasteiger partial charge in [0.15, 0.2) is 6.04 Å². The number of rotatable bonds is 8. The molecule has 5 N–H and O–H groups in total. The summed E-state index contributed by atoms with van der Waals surface area (Å²) in [5.41, 5.74) is 0. The molecule has 0 aliphatic carbocycles. The van der Waals surface area contributed by atoms with Crippen LogP contribution in [-0.2, 0) is 19.2 Å². The second-order valence-corrected chi connectivity index (χ2v) is 7.51. The zero-order chi connectivity index (χ0) is 20.8. The molecule has 0 radical (unpaired) electrons. The summed E-state index contributed by atoms with van der Waals surface area (Å²) in [7, 11) is 0. The molecule has 2 rings (SSSR count). The second-order valence-electron chi connectivity index (χ2n) is 7.15. The van der Waals surface area contributed by atoms with Gasteiger partial charge in [0.2, 0.25) is 17.7 Å². The van der Waals surface area contributed by atoms with E-state index in [1.54, 1.807) is 0 Å². The summed E-state index contributed by atoms with van der Waals surface area (Å²) in [6.45, 7) is 2.34. The lowest BCUT2D eigenvalue weighted by molar-refractivity contribution is -0.147. The number of aliphatic hydroxyl groups excluding tert-OH is 1. The van der Waals surface area contributed by atoms with Crippen LogP contribution in [0.15, 0.2) is 0 Å². The number of aliphatic carboxylic acids is 1. The maximum Gasteiger partial charge on any atom is 0.328 e. The van der Waals surface area contributed by atoms with Gasteiger partial charge in [0.05, 0.1) is 12.1 Å². The largest absolute Gasteiger partial charge is 0.480 e. The number of hydrogen-bond donors (Lipinski definition) is 6. The van der Waals surface area contributed by atoms with Crippen molar-refractivity contribution in [2.24, 2.45) is 0 Å². The van der Waals surface area contributed by atoms with Gasteiger partial charge >= 0.3 is 5.97 Å². The van der Waals surface area contributed by atoms with Crippen LogP contribution in [0, 0.1) is 0 Å². The van der Waals surface area contributed by atoms with Gasteiger partial charge in [-0.25, -0.2) is 4.79 Å². The third-order valence-corrected chi connectivity index (χ3v) is 5.42. The third kappa shape index (κ3) is 5.36. The van der Waals surface area contributed by atoms with Crippen molar-refractivity contribution in [1.82, 2.24) is 20.9 Å². The fourth-order valence-corrected chi connectivity index (χ4v) is 3.75. The Morgan fingerprint density at radius 1 is 1.18 bits per heavy atom. The maximum absolute atomic E-state index is 12.9. The first-order valence-corrected chi connectivity index (χ1v) is 10.1. The monoisotopic (exact) mass is 416 g/mol. The highest BCUT2D eigenvalue weighted by Gasteiger charge is 2.39. The summed E-state index contributed by atoms with van der Waals surface area (Å²) in [5.74, 6) is -2.62. The van der Waals surface area contributed by atoms with Crippen LogP contribution in [0.1, 0.15) is 32.6 Å². The highest BCUT2D eigenvalue weighted by Crippen LogP contribution is 2.19. The summed E-state index contributed by atoms with van der Waals surface area (Å²) in [6.07, 6.45) is 1.26. The van der Waals surface area contributed by atoms with E-state index in [4.69, 9.17) is 5.11 Å². The molecule has 158 valence electrons. The number of amides is 3. The molecule has 0 bridgehead atoms. The van der Waals surface area contributed by atoms with Crippen LogP contribution < -0.4 is 16.0 Å². The lowest BCUT2D eigenvalue weighted by Crippen LogP contribution is -2.58. The number of hydrogen-bond acceptors (Lipinski definition) is 7. The molecule has 2 saturated heterocycles. The van der Waals surface area contributed by atoms with E-state index >= 15 is 0 Å². The molecule has 5 unspecified atom stereocenters. The van der Waals surface area contributed by atoms with Crippen molar-refractivity contribution in [3.05, 3.63) is 0 Å². The van der Waals surface area contributed by atoms with Crippen molar-refractivity contribution in [1.29, 1.82) is 0 Å². The lowest BCUT2D eigenvalue weighted by atomic mass is 10.1. The molecular weight excluding hydrogens is 388 g/mol. The molecule has 0 saturated carbocycles. The van der Waals surface area contributed by atoms with Crippen LogP contribution >= 0.6 is 12.6 Å². The van der Waals surface area contributed by atoms with E-state index in [0.29, 0.717) is 25.8 Å². The van der Waals surface area contributed by atoms with Gasteiger partial charge in [-0.05, 0) is 39.2 Å². The summed E-state index contributed by atoms with van der Waals surface area (Å²) >= 11 is 4.16. The quantitative estimate of drug-likeness (QED) is 0.253. The molecular formula is C17H28N4O6S. The Morgan fingerprint density at radius 2 is 1.89 bits per heavy atom. The van der Waals surface area contributed by atoms with Crippen molar-refractivity contribution < 1.29 is 29.4 Å². The van der Waals surface area contributed by atoms with Gasteiger partial charge in [-0.15, -0.1) is 0 Å². The molecule has 28 heavy (non-hydrogen) atoms. The van der Waals surface area contributed by atoms with Gasteiger partial charge in [0.25, 0.3) is 0 Å². The summed E-state index contributed by atoms with van der Waals surface area (Å²) < 4.78 is 0. The molecule has 5 atom stereocenters. The molecule has 2 heterocycles. The highest BCUT2D eigenvalue weighted by molar-refractivity contribution is 7.80. The lowest BCUT2D eigenvalue weighted by Gasteiger charge is -2.29. The molecule has 10 nitrogen and oxygen atoms in total. The number of carbonyl (C=O) groups is 4. The second kappa shape index (κ2) is 10.1. The molecule has 11 heteroatoms. The van der Waals surface area contributed by atoms with E-state index in [0.717, 1.165) is 13.0 Å². The van der Waals surface area contributed by atoms with Crippen LogP contribution in [0.5, 0.6) is 0 Å². The van der Waals surface area contributed by atoms with Crippen molar-refractivity contribution in [2.45, 2.75) is 62.9 Å². The number of aliphatic hydroxyl groups is 1.